The summed E-state index contributed by atoms with van der Waals surface area (Å²) in [4.78, 5) is 27.8. The Balaban J connectivity index is 1.77. The van der Waals surface area contributed by atoms with Crippen LogP contribution in [0.25, 0.3) is 0 Å². The summed E-state index contributed by atoms with van der Waals surface area (Å²) in [5, 5.41) is 2.90. The predicted molar refractivity (Wildman–Crippen MR) is 123 cm³/mol. The first kappa shape index (κ1) is 22.1. The lowest BCUT2D eigenvalue weighted by Crippen LogP contribution is -2.45. The van der Waals surface area contributed by atoms with Crippen molar-refractivity contribution in [3.8, 4) is 5.75 Å². The van der Waals surface area contributed by atoms with Gasteiger partial charge >= 0.3 is 0 Å². The van der Waals surface area contributed by atoms with Gasteiger partial charge in [-0.2, -0.15) is 0 Å². The van der Waals surface area contributed by atoms with E-state index in [2.05, 4.69) is 5.32 Å². The van der Waals surface area contributed by atoms with E-state index < -0.39 is 6.04 Å². The summed E-state index contributed by atoms with van der Waals surface area (Å²) in [6.45, 7) is 4.14. The van der Waals surface area contributed by atoms with Gasteiger partial charge in [0.05, 0.1) is 13.5 Å². The van der Waals surface area contributed by atoms with Crippen LogP contribution in [0, 0.1) is 6.92 Å². The van der Waals surface area contributed by atoms with E-state index >= 15 is 0 Å². The van der Waals surface area contributed by atoms with Crippen molar-refractivity contribution in [2.45, 2.75) is 32.9 Å². The third-order valence-electron chi connectivity index (χ3n) is 5.20. The Morgan fingerprint density at radius 3 is 2.16 bits per heavy atom. The number of hydrogen-bond acceptors (Lipinski definition) is 3. The van der Waals surface area contributed by atoms with Crippen LogP contribution in [0.15, 0.2) is 78.9 Å². The topological polar surface area (TPSA) is 58.6 Å². The Morgan fingerprint density at radius 2 is 1.55 bits per heavy atom. The van der Waals surface area contributed by atoms with Crippen molar-refractivity contribution < 1.29 is 14.3 Å². The molecule has 0 heterocycles. The first-order chi connectivity index (χ1) is 15.0. The number of amides is 2. The van der Waals surface area contributed by atoms with Crippen molar-refractivity contribution in [3.63, 3.8) is 0 Å². The third kappa shape index (κ3) is 6.19. The Morgan fingerprint density at radius 1 is 0.903 bits per heavy atom. The zero-order valence-corrected chi connectivity index (χ0v) is 18.2. The highest BCUT2D eigenvalue weighted by Crippen LogP contribution is 2.17. The third-order valence-corrected chi connectivity index (χ3v) is 5.20. The minimum Gasteiger partial charge on any atom is -0.497 e. The number of nitrogens with zero attached hydrogens (tertiary/aromatic N) is 1. The fraction of sp³-hybridized carbons (Fsp3) is 0.231. The van der Waals surface area contributed by atoms with Gasteiger partial charge in [0, 0.05) is 12.2 Å². The van der Waals surface area contributed by atoms with Gasteiger partial charge in [0.2, 0.25) is 11.8 Å². The quantitative estimate of drug-likeness (QED) is 0.584. The molecule has 0 bridgehead atoms. The molecular formula is C26H28N2O3. The van der Waals surface area contributed by atoms with Crippen LogP contribution in [0.4, 0.5) is 5.69 Å². The smallest absolute Gasteiger partial charge is 0.246 e. The molecule has 0 radical (unpaired) electrons. The van der Waals surface area contributed by atoms with Crippen molar-refractivity contribution in [3.05, 3.63) is 95.6 Å². The van der Waals surface area contributed by atoms with Crippen LogP contribution in [0.1, 0.15) is 23.6 Å². The van der Waals surface area contributed by atoms with Crippen molar-refractivity contribution in [1.82, 2.24) is 4.90 Å². The summed E-state index contributed by atoms with van der Waals surface area (Å²) in [6.07, 6.45) is 0.243. The fourth-order valence-corrected chi connectivity index (χ4v) is 3.27. The molecule has 31 heavy (non-hydrogen) atoms. The fourth-order valence-electron chi connectivity index (χ4n) is 3.27. The maximum absolute atomic E-state index is 13.2. The van der Waals surface area contributed by atoms with Crippen LogP contribution in [-0.2, 0) is 22.6 Å². The molecule has 1 unspecified atom stereocenters. The molecule has 5 heteroatoms. The maximum atomic E-state index is 13.2. The minimum absolute atomic E-state index is 0.0934. The van der Waals surface area contributed by atoms with Crippen LogP contribution in [0.3, 0.4) is 0 Å². The number of rotatable bonds is 8. The summed E-state index contributed by atoms with van der Waals surface area (Å²) in [5.41, 5.74) is 3.71. The molecule has 1 N–H and O–H groups in total. The van der Waals surface area contributed by atoms with Gasteiger partial charge in [-0.1, -0.05) is 60.2 Å². The van der Waals surface area contributed by atoms with Crippen LogP contribution in [-0.4, -0.2) is 29.9 Å². The maximum Gasteiger partial charge on any atom is 0.246 e. The summed E-state index contributed by atoms with van der Waals surface area (Å²) in [7, 11) is 1.59. The van der Waals surface area contributed by atoms with E-state index in [1.165, 1.54) is 0 Å². The molecule has 0 aliphatic carbocycles. The number of hydrogen-bond donors (Lipinski definition) is 1. The molecule has 0 spiro atoms. The number of carbonyl (C=O) groups is 2. The molecule has 5 nitrogen and oxygen atoms in total. The summed E-state index contributed by atoms with van der Waals surface area (Å²) in [6, 6.07) is 24.1. The number of carbonyl (C=O) groups excluding carboxylic acids is 2. The summed E-state index contributed by atoms with van der Waals surface area (Å²) < 4.78 is 5.16. The molecule has 0 aromatic heterocycles. The van der Waals surface area contributed by atoms with Gasteiger partial charge in [-0.05, 0) is 49.2 Å². The van der Waals surface area contributed by atoms with Gasteiger partial charge in [-0.15, -0.1) is 0 Å². The van der Waals surface area contributed by atoms with Gasteiger partial charge in [-0.3, -0.25) is 9.59 Å². The molecule has 3 aromatic rings. The molecule has 2 amide bonds. The van der Waals surface area contributed by atoms with E-state index in [0.29, 0.717) is 18.0 Å². The van der Waals surface area contributed by atoms with Gasteiger partial charge < -0.3 is 15.0 Å². The van der Waals surface area contributed by atoms with E-state index in [4.69, 9.17) is 4.74 Å². The summed E-state index contributed by atoms with van der Waals surface area (Å²) in [5.74, 6) is 0.382. The number of benzene rings is 3. The standard InChI is InChI=1S/C26H28N2O3/c1-19-9-11-22(12-10-19)18-28(25(29)17-21-7-5-4-6-8-21)20(2)26(30)27-23-13-15-24(31-3)16-14-23/h4-16,20H,17-18H2,1-3H3,(H,27,30). The lowest BCUT2D eigenvalue weighted by Gasteiger charge is -2.29. The second kappa shape index (κ2) is 10.4. The Hall–Kier alpha value is -3.60. The Labute approximate surface area is 183 Å². The first-order valence-electron chi connectivity index (χ1n) is 10.3. The van der Waals surface area contributed by atoms with E-state index in [9.17, 15) is 9.59 Å². The van der Waals surface area contributed by atoms with Crippen molar-refractivity contribution >= 4 is 17.5 Å². The molecule has 0 fully saturated rings. The average Bonchev–Trinajstić information content (AvgIpc) is 2.79. The molecule has 1 atom stereocenters. The monoisotopic (exact) mass is 416 g/mol. The van der Waals surface area contributed by atoms with Crippen molar-refractivity contribution in [1.29, 1.82) is 0 Å². The van der Waals surface area contributed by atoms with Gasteiger partial charge in [0.15, 0.2) is 0 Å². The molecule has 0 aliphatic rings. The molecular weight excluding hydrogens is 388 g/mol. The highest BCUT2D eigenvalue weighted by atomic mass is 16.5. The van der Waals surface area contributed by atoms with Gasteiger partial charge in [0.25, 0.3) is 0 Å². The van der Waals surface area contributed by atoms with E-state index in [1.54, 1.807) is 43.2 Å². The number of anilines is 1. The molecule has 0 saturated heterocycles. The van der Waals surface area contributed by atoms with Crippen LogP contribution in [0.2, 0.25) is 0 Å². The average molecular weight is 417 g/mol. The number of methoxy groups -OCH3 is 1. The van der Waals surface area contributed by atoms with Crippen LogP contribution in [0.5, 0.6) is 5.75 Å². The molecule has 3 rings (SSSR count). The van der Waals surface area contributed by atoms with Crippen molar-refractivity contribution in [2.75, 3.05) is 12.4 Å². The second-order valence-electron chi connectivity index (χ2n) is 7.56. The van der Waals surface area contributed by atoms with E-state index in [1.807, 2.05) is 61.5 Å². The second-order valence-corrected chi connectivity index (χ2v) is 7.56. The Kier molecular flexibility index (Phi) is 7.44. The molecule has 160 valence electrons. The zero-order valence-electron chi connectivity index (χ0n) is 18.2. The first-order valence-corrected chi connectivity index (χ1v) is 10.3. The molecule has 0 aliphatic heterocycles. The van der Waals surface area contributed by atoms with Crippen LogP contribution >= 0.6 is 0 Å². The minimum atomic E-state index is -0.639. The largest absolute Gasteiger partial charge is 0.497 e. The lowest BCUT2D eigenvalue weighted by atomic mass is 10.1. The van der Waals surface area contributed by atoms with E-state index in [-0.39, 0.29) is 18.2 Å². The lowest BCUT2D eigenvalue weighted by molar-refractivity contribution is -0.138. The summed E-state index contributed by atoms with van der Waals surface area (Å²) >= 11 is 0. The number of nitrogens with one attached hydrogen (secondary N) is 1. The molecule has 3 aromatic carbocycles. The van der Waals surface area contributed by atoms with Crippen LogP contribution < -0.4 is 10.1 Å². The van der Waals surface area contributed by atoms with Gasteiger partial charge in [-0.25, -0.2) is 0 Å². The highest BCUT2D eigenvalue weighted by molar-refractivity contribution is 5.97. The molecule has 0 saturated carbocycles. The SMILES string of the molecule is COc1ccc(NC(=O)C(C)N(Cc2ccc(C)cc2)C(=O)Cc2ccccc2)cc1. The highest BCUT2D eigenvalue weighted by Gasteiger charge is 2.26. The van der Waals surface area contributed by atoms with Gasteiger partial charge in [0.1, 0.15) is 11.8 Å². The van der Waals surface area contributed by atoms with Crippen molar-refractivity contribution in [2.24, 2.45) is 0 Å². The van der Waals surface area contributed by atoms with E-state index in [0.717, 1.165) is 16.7 Å². The predicted octanol–water partition coefficient (Wildman–Crippen LogP) is 4.60. The number of aryl methyl sites for hydroxylation is 1. The number of ether oxygens (including phenoxy) is 1. The Bertz CT molecular complexity index is 999. The normalized spacial score (nSPS) is 11.5. The zero-order chi connectivity index (χ0) is 22.2.